The van der Waals surface area contributed by atoms with E-state index in [9.17, 15) is 60.9 Å². The molecule has 5 aromatic rings. The van der Waals surface area contributed by atoms with Gasteiger partial charge in [0.1, 0.15) is 16.3 Å². The molecule has 0 spiro atoms. The van der Waals surface area contributed by atoms with E-state index in [-0.39, 0.29) is 11.6 Å². The van der Waals surface area contributed by atoms with Crippen LogP contribution < -0.4 is 10.6 Å². The predicted octanol–water partition coefficient (Wildman–Crippen LogP) is 3.62. The molecule has 29 heteroatoms. The number of hydrogen-bond donors (Lipinski definition) is 7. The number of benzene rings is 4. The van der Waals surface area contributed by atoms with Crippen LogP contribution in [0.2, 0.25) is 5.28 Å². The summed E-state index contributed by atoms with van der Waals surface area (Å²) in [7, 11) is -24.4. The van der Waals surface area contributed by atoms with E-state index in [1.807, 2.05) is 0 Å². The Bertz CT molecular complexity index is 2990. The molecule has 56 heavy (non-hydrogen) atoms. The maximum absolute atomic E-state index is 13.0. The molecule has 23 nitrogen and oxygen atoms in total. The normalized spacial score (nSPS) is 12.9. The molecule has 0 bridgehead atoms. The second kappa shape index (κ2) is 15.5. The summed E-state index contributed by atoms with van der Waals surface area (Å²) in [5.74, 6) is -2.90. The zero-order valence-electron chi connectivity index (χ0n) is 27.1. The molecule has 0 aliphatic carbocycles. The Labute approximate surface area is 321 Å². The van der Waals surface area contributed by atoms with Crippen molar-refractivity contribution < 1.29 is 69.6 Å². The minimum Gasteiger partial charge on any atom is -0.505 e. The number of aromatic nitrogens is 3. The third kappa shape index (κ3) is 10.2. The van der Waals surface area contributed by atoms with Crippen LogP contribution in [0.15, 0.2) is 96.5 Å². The van der Waals surface area contributed by atoms with Gasteiger partial charge >= 0.3 is 10.4 Å². The van der Waals surface area contributed by atoms with Crippen molar-refractivity contribution in [1.82, 2.24) is 15.0 Å². The number of hydrogen-bond acceptors (Lipinski definition) is 19. The number of rotatable bonds is 14. The van der Waals surface area contributed by atoms with Crippen LogP contribution in [0.3, 0.4) is 0 Å². The number of anilines is 4. The van der Waals surface area contributed by atoms with E-state index in [1.54, 1.807) is 0 Å². The summed E-state index contributed by atoms with van der Waals surface area (Å²) in [5, 5.41) is 22.7. The van der Waals surface area contributed by atoms with E-state index < -0.39 is 127 Å². The van der Waals surface area contributed by atoms with Gasteiger partial charge in [0.05, 0.1) is 32.7 Å². The van der Waals surface area contributed by atoms with E-state index in [2.05, 4.69) is 40.0 Å². The summed E-state index contributed by atoms with van der Waals surface area (Å²) in [6.07, 6.45) is 0. The number of nitrogens with one attached hydrogen (secondary N) is 2. The highest BCUT2D eigenvalue weighted by atomic mass is 35.5. The molecule has 298 valence electrons. The average molecular weight is 896 g/mol. The van der Waals surface area contributed by atoms with E-state index in [0.717, 1.165) is 30.3 Å². The number of nitrogens with zero attached hydrogens (tertiary/aromatic N) is 5. The number of azo groups is 1. The number of fused-ring (bicyclic) bond motifs is 1. The van der Waals surface area contributed by atoms with Gasteiger partial charge in [-0.1, -0.05) is 12.1 Å². The quantitative estimate of drug-likeness (QED) is 0.0618. The van der Waals surface area contributed by atoms with Crippen molar-refractivity contribution in [1.29, 1.82) is 0 Å². The predicted molar refractivity (Wildman–Crippen MR) is 193 cm³/mol. The van der Waals surface area contributed by atoms with Gasteiger partial charge in [-0.05, 0) is 71.6 Å². The molecule has 0 radical (unpaired) electrons. The van der Waals surface area contributed by atoms with Crippen LogP contribution in [0.5, 0.6) is 5.75 Å². The van der Waals surface area contributed by atoms with Gasteiger partial charge in [0.25, 0.3) is 30.4 Å². The monoisotopic (exact) mass is 895 g/mol. The van der Waals surface area contributed by atoms with Crippen LogP contribution in [0.1, 0.15) is 0 Å². The molecule has 0 amide bonds. The van der Waals surface area contributed by atoms with Gasteiger partial charge in [0, 0.05) is 11.1 Å². The standard InChI is InChI=1S/C27H22ClN7O16S5/c28-25-31-26(29-15-5-7-16(8-6-15)53(39,40)41)33-27(32-25)30-19-13-17(54(42,43)44)11-14-12-21(55(45,46)47)23(24(36)22(14)19)35-34-18-3-1-2-4-20(18)52(37,38)10-9-51-56(48,49)50/h1-8,11-13,36H,9-10H2,(H,39,40,41)(H,42,43,44)(H,45,46,47)(H,48,49,50)(H2,29,30,31,32,33). The fraction of sp³-hybridized carbons (Fsp3) is 0.0741. The molecule has 7 N–H and O–H groups in total. The van der Waals surface area contributed by atoms with Crippen molar-refractivity contribution in [3.8, 4) is 5.75 Å². The largest absolute Gasteiger partial charge is 0.505 e. The number of halogens is 1. The zero-order chi connectivity index (χ0) is 41.4. The molecule has 0 atom stereocenters. The van der Waals surface area contributed by atoms with Crippen LogP contribution in [-0.4, -0.2) is 92.7 Å². The summed E-state index contributed by atoms with van der Waals surface area (Å²) in [6, 6.07) is 11.3. The highest BCUT2D eigenvalue weighted by Crippen LogP contribution is 2.46. The van der Waals surface area contributed by atoms with E-state index in [0.29, 0.717) is 12.1 Å². The lowest BCUT2D eigenvalue weighted by molar-refractivity contribution is 0.284. The number of aromatic hydroxyl groups is 1. The molecule has 0 unspecified atom stereocenters. The van der Waals surface area contributed by atoms with E-state index in [1.165, 1.54) is 24.3 Å². The second-order valence-corrected chi connectivity index (χ2v) is 18.6. The van der Waals surface area contributed by atoms with Gasteiger partial charge in [0.2, 0.25) is 17.2 Å². The Kier molecular flexibility index (Phi) is 11.7. The first kappa shape index (κ1) is 42.1. The van der Waals surface area contributed by atoms with Crippen molar-refractivity contribution in [2.24, 2.45) is 10.2 Å². The molecule has 0 saturated heterocycles. The van der Waals surface area contributed by atoms with Crippen LogP contribution in [0.25, 0.3) is 10.8 Å². The fourth-order valence-electron chi connectivity index (χ4n) is 4.69. The van der Waals surface area contributed by atoms with Gasteiger partial charge in [-0.2, -0.15) is 48.6 Å². The Balaban J connectivity index is 1.64. The van der Waals surface area contributed by atoms with Crippen LogP contribution in [0.4, 0.5) is 34.6 Å². The molecular weight excluding hydrogens is 874 g/mol. The molecule has 0 aliphatic rings. The van der Waals surface area contributed by atoms with E-state index in [4.69, 9.17) is 16.2 Å². The fourth-order valence-corrected chi connectivity index (χ4v) is 8.16. The summed E-state index contributed by atoms with van der Waals surface area (Å²) < 4.78 is 162. The number of sulfone groups is 1. The molecule has 1 aromatic heterocycles. The van der Waals surface area contributed by atoms with Gasteiger partial charge in [-0.3, -0.25) is 18.2 Å². The Morgan fingerprint density at radius 1 is 0.679 bits per heavy atom. The molecular formula is C27H22ClN7O16S5. The van der Waals surface area contributed by atoms with Gasteiger partial charge in [-0.15, -0.1) is 10.2 Å². The van der Waals surface area contributed by atoms with Crippen molar-refractivity contribution >= 4 is 108 Å². The summed E-state index contributed by atoms with van der Waals surface area (Å²) >= 11 is 6.06. The van der Waals surface area contributed by atoms with Crippen LogP contribution in [0, 0.1) is 0 Å². The first-order valence-electron chi connectivity index (χ1n) is 14.5. The maximum atomic E-state index is 13.0. The first-order chi connectivity index (χ1) is 25.8. The minimum atomic E-state index is -5.36. The molecule has 0 aliphatic heterocycles. The first-order valence-corrected chi connectivity index (χ1v) is 22.2. The van der Waals surface area contributed by atoms with Gasteiger partial charge in [-0.25, -0.2) is 12.6 Å². The lowest BCUT2D eigenvalue weighted by atomic mass is 10.1. The topological polar surface area (TPSA) is 369 Å². The SMILES string of the molecule is O=S(=O)(O)OCCS(=O)(=O)c1ccccc1N=Nc1c(S(=O)(=O)O)cc2cc(S(=O)(=O)O)cc(Nc3nc(Cl)nc(Nc4ccc(S(=O)(=O)O)cc4)n3)c2c1O. The lowest BCUT2D eigenvalue weighted by Crippen LogP contribution is -2.15. The maximum Gasteiger partial charge on any atom is 0.397 e. The van der Waals surface area contributed by atoms with Crippen molar-refractivity contribution in [3.05, 3.63) is 72.0 Å². The molecule has 1 heterocycles. The summed E-state index contributed by atoms with van der Waals surface area (Å²) in [5.41, 5.74) is -1.81. The second-order valence-electron chi connectivity index (χ2n) is 10.8. The Hall–Kier alpha value is -5.01. The number of phenols is 1. The Morgan fingerprint density at radius 2 is 1.29 bits per heavy atom. The van der Waals surface area contributed by atoms with Crippen molar-refractivity contribution in [2.75, 3.05) is 23.0 Å². The van der Waals surface area contributed by atoms with Crippen molar-refractivity contribution in [3.63, 3.8) is 0 Å². The summed E-state index contributed by atoms with van der Waals surface area (Å²) in [6.45, 7) is -1.01. The third-order valence-corrected chi connectivity index (χ3v) is 11.9. The Morgan fingerprint density at radius 3 is 1.88 bits per heavy atom. The third-order valence-electron chi connectivity index (χ3n) is 7.00. The minimum absolute atomic E-state index is 0.177. The van der Waals surface area contributed by atoms with Crippen LogP contribution >= 0.6 is 11.6 Å². The summed E-state index contributed by atoms with van der Waals surface area (Å²) in [4.78, 5) is 8.71. The molecule has 5 rings (SSSR count). The molecule has 4 aromatic carbocycles. The molecule has 0 saturated carbocycles. The zero-order valence-corrected chi connectivity index (χ0v) is 32.0. The van der Waals surface area contributed by atoms with Crippen molar-refractivity contribution in [2.45, 2.75) is 19.6 Å². The average Bonchev–Trinajstić information content (AvgIpc) is 3.05. The smallest absolute Gasteiger partial charge is 0.397 e. The highest BCUT2D eigenvalue weighted by molar-refractivity contribution is 7.91. The van der Waals surface area contributed by atoms with Gasteiger partial charge in [0.15, 0.2) is 15.6 Å². The number of phenolic OH excluding ortho intramolecular Hbond substituents is 1. The van der Waals surface area contributed by atoms with Crippen LogP contribution in [-0.2, 0) is 54.8 Å². The van der Waals surface area contributed by atoms with E-state index >= 15 is 0 Å². The lowest BCUT2D eigenvalue weighted by Gasteiger charge is -2.15. The highest BCUT2D eigenvalue weighted by Gasteiger charge is 2.27. The van der Waals surface area contributed by atoms with Gasteiger partial charge < -0.3 is 15.7 Å². The molecule has 0 fully saturated rings.